The van der Waals surface area contributed by atoms with Gasteiger partial charge in [-0.15, -0.1) is 0 Å². The van der Waals surface area contributed by atoms with E-state index in [0.29, 0.717) is 6.61 Å². The first-order valence-corrected chi connectivity index (χ1v) is 9.38. The van der Waals surface area contributed by atoms with Gasteiger partial charge >= 0.3 is 0 Å². The smallest absolute Gasteiger partial charge is 0.108 e. The van der Waals surface area contributed by atoms with Crippen LogP contribution >= 0.6 is 11.6 Å². The number of hydrogen-bond acceptors (Lipinski definition) is 2. The van der Waals surface area contributed by atoms with Crippen LogP contribution in [-0.4, -0.2) is 19.7 Å². The molecule has 0 radical (unpaired) electrons. The SMILES string of the molecule is Clc1ccccc1CCNCCOC(c1ccccc1)c1ccccc1. The molecule has 0 fully saturated rings. The molecule has 2 nitrogen and oxygen atoms in total. The van der Waals surface area contributed by atoms with E-state index in [2.05, 4.69) is 59.9 Å². The van der Waals surface area contributed by atoms with Crippen molar-refractivity contribution in [3.8, 4) is 0 Å². The molecule has 0 aliphatic heterocycles. The van der Waals surface area contributed by atoms with Crippen molar-refractivity contribution in [1.29, 1.82) is 0 Å². The van der Waals surface area contributed by atoms with Crippen LogP contribution in [0.15, 0.2) is 84.9 Å². The Morgan fingerprint density at radius 3 is 1.92 bits per heavy atom. The molecule has 3 aromatic rings. The minimum atomic E-state index is -0.0391. The van der Waals surface area contributed by atoms with E-state index >= 15 is 0 Å². The number of hydrogen-bond donors (Lipinski definition) is 1. The zero-order valence-electron chi connectivity index (χ0n) is 14.8. The van der Waals surface area contributed by atoms with Crippen LogP contribution in [0.25, 0.3) is 0 Å². The van der Waals surface area contributed by atoms with Crippen molar-refractivity contribution in [2.45, 2.75) is 12.5 Å². The van der Waals surface area contributed by atoms with Crippen LogP contribution in [0, 0.1) is 0 Å². The first-order chi connectivity index (χ1) is 12.8. The summed E-state index contributed by atoms with van der Waals surface area (Å²) >= 11 is 6.19. The van der Waals surface area contributed by atoms with Gasteiger partial charge < -0.3 is 10.1 Å². The zero-order valence-corrected chi connectivity index (χ0v) is 15.5. The van der Waals surface area contributed by atoms with E-state index in [1.54, 1.807) is 0 Å². The van der Waals surface area contributed by atoms with Gasteiger partial charge in [-0.1, -0.05) is 90.5 Å². The highest BCUT2D eigenvalue weighted by Gasteiger charge is 2.13. The van der Waals surface area contributed by atoms with Crippen LogP contribution in [0.4, 0.5) is 0 Å². The predicted octanol–water partition coefficient (Wildman–Crippen LogP) is 5.28. The molecule has 134 valence electrons. The average Bonchev–Trinajstić information content (AvgIpc) is 2.70. The molecule has 0 aliphatic rings. The van der Waals surface area contributed by atoms with Crippen molar-refractivity contribution in [2.75, 3.05) is 19.7 Å². The van der Waals surface area contributed by atoms with Crippen molar-refractivity contribution in [2.24, 2.45) is 0 Å². The molecule has 0 aromatic heterocycles. The van der Waals surface area contributed by atoms with Crippen LogP contribution in [0.3, 0.4) is 0 Å². The summed E-state index contributed by atoms with van der Waals surface area (Å²) in [6.07, 6.45) is 0.878. The van der Waals surface area contributed by atoms with Gasteiger partial charge in [0.15, 0.2) is 0 Å². The van der Waals surface area contributed by atoms with Crippen molar-refractivity contribution in [3.05, 3.63) is 107 Å². The fourth-order valence-corrected chi connectivity index (χ4v) is 3.17. The molecule has 3 aromatic carbocycles. The maximum absolute atomic E-state index is 6.20. The molecular weight excluding hydrogens is 342 g/mol. The van der Waals surface area contributed by atoms with Crippen LogP contribution in [0.1, 0.15) is 22.8 Å². The molecular formula is C23H24ClNO. The molecule has 0 saturated carbocycles. The maximum Gasteiger partial charge on any atom is 0.108 e. The molecule has 0 heterocycles. The molecule has 1 N–H and O–H groups in total. The number of ether oxygens (including phenoxy) is 1. The molecule has 3 heteroatoms. The van der Waals surface area contributed by atoms with Crippen LogP contribution < -0.4 is 5.32 Å². The van der Waals surface area contributed by atoms with E-state index in [9.17, 15) is 0 Å². The minimum Gasteiger partial charge on any atom is -0.367 e. The van der Waals surface area contributed by atoms with Crippen molar-refractivity contribution in [1.82, 2.24) is 5.32 Å². The van der Waals surface area contributed by atoms with Crippen LogP contribution in [-0.2, 0) is 11.2 Å². The molecule has 0 amide bonds. The third kappa shape index (κ3) is 5.43. The Morgan fingerprint density at radius 1 is 0.731 bits per heavy atom. The van der Waals surface area contributed by atoms with Gasteiger partial charge in [-0.25, -0.2) is 0 Å². The summed E-state index contributed by atoms with van der Waals surface area (Å²) in [7, 11) is 0. The fraction of sp³-hybridized carbons (Fsp3) is 0.217. The van der Waals surface area contributed by atoms with Crippen LogP contribution in [0.2, 0.25) is 5.02 Å². The zero-order chi connectivity index (χ0) is 18.0. The molecule has 3 rings (SSSR count). The van der Waals surface area contributed by atoms with Crippen molar-refractivity contribution >= 4 is 11.6 Å². The number of halogens is 1. The van der Waals surface area contributed by atoms with Gasteiger partial charge in [-0.2, -0.15) is 0 Å². The lowest BCUT2D eigenvalue weighted by Gasteiger charge is -2.19. The molecule has 0 saturated heterocycles. The third-order valence-corrected chi connectivity index (χ3v) is 4.67. The minimum absolute atomic E-state index is 0.0391. The lowest BCUT2D eigenvalue weighted by Crippen LogP contribution is -2.23. The topological polar surface area (TPSA) is 21.3 Å². The molecule has 0 aliphatic carbocycles. The Balaban J connectivity index is 1.49. The molecule has 26 heavy (non-hydrogen) atoms. The van der Waals surface area contributed by atoms with Gasteiger partial charge in [0.25, 0.3) is 0 Å². The van der Waals surface area contributed by atoms with E-state index in [1.807, 2.05) is 30.3 Å². The summed E-state index contributed by atoms with van der Waals surface area (Å²) in [6.45, 7) is 2.34. The summed E-state index contributed by atoms with van der Waals surface area (Å²) in [5.41, 5.74) is 3.53. The Labute approximate surface area is 160 Å². The summed E-state index contributed by atoms with van der Waals surface area (Å²) in [6, 6.07) is 28.7. The van der Waals surface area contributed by atoms with E-state index in [0.717, 1.165) is 24.5 Å². The fourth-order valence-electron chi connectivity index (χ4n) is 2.94. The van der Waals surface area contributed by atoms with Gasteiger partial charge in [-0.3, -0.25) is 0 Å². The third-order valence-electron chi connectivity index (χ3n) is 4.30. The first-order valence-electron chi connectivity index (χ1n) is 9.00. The van der Waals surface area contributed by atoms with E-state index < -0.39 is 0 Å². The highest BCUT2D eigenvalue weighted by atomic mass is 35.5. The maximum atomic E-state index is 6.20. The van der Waals surface area contributed by atoms with E-state index in [-0.39, 0.29) is 6.10 Å². The lowest BCUT2D eigenvalue weighted by molar-refractivity contribution is 0.0822. The van der Waals surface area contributed by atoms with E-state index in [1.165, 1.54) is 16.7 Å². The quantitative estimate of drug-likeness (QED) is 0.521. The molecule has 0 bridgehead atoms. The number of benzene rings is 3. The lowest BCUT2D eigenvalue weighted by atomic mass is 10.0. The van der Waals surface area contributed by atoms with Gasteiger partial charge in [-0.05, 0) is 35.7 Å². The van der Waals surface area contributed by atoms with E-state index in [4.69, 9.17) is 16.3 Å². The van der Waals surface area contributed by atoms with Crippen LogP contribution in [0.5, 0.6) is 0 Å². The largest absolute Gasteiger partial charge is 0.367 e. The van der Waals surface area contributed by atoms with Crippen molar-refractivity contribution in [3.63, 3.8) is 0 Å². The molecule has 0 spiro atoms. The highest BCUT2D eigenvalue weighted by Crippen LogP contribution is 2.25. The Bertz CT molecular complexity index is 737. The predicted molar refractivity (Wildman–Crippen MR) is 109 cm³/mol. The standard InChI is InChI=1S/C23H24ClNO/c24-22-14-8-7-9-19(22)15-16-25-17-18-26-23(20-10-3-1-4-11-20)21-12-5-2-6-13-21/h1-14,23,25H,15-18H2. The first kappa shape index (κ1) is 18.7. The second-order valence-corrected chi connectivity index (χ2v) is 6.57. The average molecular weight is 366 g/mol. The second kappa shape index (κ2) is 10.1. The van der Waals surface area contributed by atoms with Gasteiger partial charge in [0.1, 0.15) is 6.10 Å². The normalized spacial score (nSPS) is 11.0. The van der Waals surface area contributed by atoms with Gasteiger partial charge in [0.2, 0.25) is 0 Å². The number of rotatable bonds is 9. The molecule has 0 atom stereocenters. The summed E-state index contributed by atoms with van der Waals surface area (Å²) in [5.74, 6) is 0. The summed E-state index contributed by atoms with van der Waals surface area (Å²) < 4.78 is 6.20. The monoisotopic (exact) mass is 365 g/mol. The summed E-state index contributed by atoms with van der Waals surface area (Å²) in [5, 5.41) is 4.27. The Kier molecular flexibility index (Phi) is 7.26. The molecule has 0 unspecified atom stereocenters. The number of nitrogens with one attached hydrogen (secondary N) is 1. The van der Waals surface area contributed by atoms with Gasteiger partial charge in [0.05, 0.1) is 6.61 Å². The Morgan fingerprint density at radius 2 is 1.31 bits per heavy atom. The van der Waals surface area contributed by atoms with Crippen molar-refractivity contribution < 1.29 is 4.74 Å². The Hall–Kier alpha value is -2.13. The second-order valence-electron chi connectivity index (χ2n) is 6.16. The highest BCUT2D eigenvalue weighted by molar-refractivity contribution is 6.31. The van der Waals surface area contributed by atoms with Gasteiger partial charge in [0, 0.05) is 11.6 Å². The summed E-state index contributed by atoms with van der Waals surface area (Å²) in [4.78, 5) is 0.